The first-order chi connectivity index (χ1) is 5.83. The molecule has 0 bridgehead atoms. The van der Waals surface area contributed by atoms with Gasteiger partial charge in [0, 0.05) is 12.6 Å². The molecule has 1 heterocycles. The van der Waals surface area contributed by atoms with Crippen LogP contribution in [0.3, 0.4) is 0 Å². The zero-order valence-corrected chi connectivity index (χ0v) is 8.25. The number of carbonyl (C=O) groups is 1. The molecule has 0 saturated carbocycles. The summed E-state index contributed by atoms with van der Waals surface area (Å²) in [5, 5.41) is 6.26. The van der Waals surface area contributed by atoms with Crippen molar-refractivity contribution in [2.24, 2.45) is 0 Å². The van der Waals surface area contributed by atoms with Crippen LogP contribution in [0.1, 0.15) is 12.8 Å². The third-order valence-corrected chi connectivity index (χ3v) is 2.49. The van der Waals surface area contributed by atoms with Gasteiger partial charge in [-0.3, -0.25) is 4.79 Å². The number of hydrogen-bond donors (Lipinski definition) is 2. The van der Waals surface area contributed by atoms with Gasteiger partial charge in [-0.25, -0.2) is 0 Å². The van der Waals surface area contributed by atoms with Crippen LogP contribution in [0.25, 0.3) is 0 Å². The molecule has 1 aliphatic heterocycles. The van der Waals surface area contributed by atoms with Crippen LogP contribution in [-0.2, 0) is 4.79 Å². The Morgan fingerprint density at radius 1 is 1.75 bits per heavy atom. The highest BCUT2D eigenvalue weighted by Gasteiger charge is 2.14. The summed E-state index contributed by atoms with van der Waals surface area (Å²) in [5.74, 6) is 0.743. The van der Waals surface area contributed by atoms with Crippen LogP contribution in [0.5, 0.6) is 0 Å². The molecule has 2 N–H and O–H groups in total. The Balaban J connectivity index is 2.15. The maximum Gasteiger partial charge on any atom is 0.230 e. The molecular weight excluding hydrogens is 172 g/mol. The van der Waals surface area contributed by atoms with Crippen LogP contribution in [0.2, 0.25) is 0 Å². The lowest BCUT2D eigenvalue weighted by molar-refractivity contribution is -0.119. The maximum atomic E-state index is 11.2. The lowest BCUT2D eigenvalue weighted by atomic mass is 10.1. The number of rotatable bonds is 3. The summed E-state index contributed by atoms with van der Waals surface area (Å²) < 4.78 is 0. The lowest BCUT2D eigenvalue weighted by Crippen LogP contribution is -2.46. The van der Waals surface area contributed by atoms with Crippen molar-refractivity contribution in [1.82, 2.24) is 10.6 Å². The van der Waals surface area contributed by atoms with Crippen molar-refractivity contribution in [3.63, 3.8) is 0 Å². The van der Waals surface area contributed by atoms with E-state index >= 15 is 0 Å². The molecule has 1 fully saturated rings. The third-order valence-electron chi connectivity index (χ3n) is 1.94. The molecule has 0 aromatic carbocycles. The van der Waals surface area contributed by atoms with Crippen LogP contribution in [-0.4, -0.2) is 37.0 Å². The maximum absolute atomic E-state index is 11.2. The Labute approximate surface area is 77.7 Å². The summed E-state index contributed by atoms with van der Waals surface area (Å²) in [6.07, 6.45) is 4.23. The average Bonchev–Trinajstić information content (AvgIpc) is 2.06. The Morgan fingerprint density at radius 3 is 3.17 bits per heavy atom. The van der Waals surface area contributed by atoms with Gasteiger partial charge in [-0.1, -0.05) is 0 Å². The second-order valence-corrected chi connectivity index (χ2v) is 3.91. The fourth-order valence-electron chi connectivity index (χ4n) is 1.38. The fourth-order valence-corrected chi connectivity index (χ4v) is 1.72. The Hall–Kier alpha value is -0.220. The van der Waals surface area contributed by atoms with Crippen molar-refractivity contribution in [2.75, 3.05) is 25.1 Å². The number of nitrogens with one attached hydrogen (secondary N) is 2. The van der Waals surface area contributed by atoms with E-state index in [0.29, 0.717) is 11.8 Å². The molecule has 1 atom stereocenters. The first kappa shape index (κ1) is 9.86. The van der Waals surface area contributed by atoms with Crippen LogP contribution in [0, 0.1) is 0 Å². The summed E-state index contributed by atoms with van der Waals surface area (Å²) in [6.45, 7) is 2.02. The predicted octanol–water partition coefficient (Wildman–Crippen LogP) is 0.218. The van der Waals surface area contributed by atoms with Crippen molar-refractivity contribution in [3.05, 3.63) is 0 Å². The van der Waals surface area contributed by atoms with Crippen molar-refractivity contribution >= 4 is 17.7 Å². The van der Waals surface area contributed by atoms with Crippen molar-refractivity contribution in [3.8, 4) is 0 Å². The lowest BCUT2D eigenvalue weighted by Gasteiger charge is -2.23. The number of piperidine rings is 1. The van der Waals surface area contributed by atoms with E-state index in [-0.39, 0.29) is 5.91 Å². The Morgan fingerprint density at radius 2 is 2.58 bits per heavy atom. The molecule has 0 radical (unpaired) electrons. The highest BCUT2D eigenvalue weighted by Crippen LogP contribution is 2.01. The summed E-state index contributed by atoms with van der Waals surface area (Å²) >= 11 is 1.57. The summed E-state index contributed by atoms with van der Waals surface area (Å²) in [6, 6.07) is 0.360. The number of hydrogen-bond acceptors (Lipinski definition) is 3. The van der Waals surface area contributed by atoms with E-state index in [0.717, 1.165) is 19.5 Å². The van der Waals surface area contributed by atoms with E-state index in [9.17, 15) is 4.79 Å². The molecule has 70 valence electrons. The Bertz CT molecular complexity index is 146. The standard InChI is InChI=1S/C8H16N2OS/c1-12-6-8(11)10-7-3-2-4-9-5-7/h7,9H,2-6H2,1H3,(H,10,11)/t7-/m0/s1. The van der Waals surface area contributed by atoms with Gasteiger partial charge >= 0.3 is 0 Å². The van der Waals surface area contributed by atoms with Gasteiger partial charge in [-0.2, -0.15) is 11.8 Å². The smallest absolute Gasteiger partial charge is 0.230 e. The van der Waals surface area contributed by atoms with Crippen molar-refractivity contribution in [2.45, 2.75) is 18.9 Å². The largest absolute Gasteiger partial charge is 0.351 e. The highest BCUT2D eigenvalue weighted by molar-refractivity contribution is 7.99. The fraction of sp³-hybridized carbons (Fsp3) is 0.875. The summed E-state index contributed by atoms with van der Waals surface area (Å²) in [4.78, 5) is 11.2. The SMILES string of the molecule is CSCC(=O)N[C@H]1CCCNC1. The molecular formula is C8H16N2OS. The van der Waals surface area contributed by atoms with Gasteiger partial charge in [0.25, 0.3) is 0 Å². The van der Waals surface area contributed by atoms with E-state index in [1.807, 2.05) is 6.26 Å². The quantitative estimate of drug-likeness (QED) is 0.665. The minimum Gasteiger partial charge on any atom is -0.351 e. The van der Waals surface area contributed by atoms with Crippen LogP contribution < -0.4 is 10.6 Å². The molecule has 1 aliphatic rings. The molecule has 0 spiro atoms. The van der Waals surface area contributed by atoms with Crippen LogP contribution >= 0.6 is 11.8 Å². The van der Waals surface area contributed by atoms with Crippen LogP contribution in [0.4, 0.5) is 0 Å². The molecule has 12 heavy (non-hydrogen) atoms. The first-order valence-corrected chi connectivity index (χ1v) is 5.71. The number of thioether (sulfide) groups is 1. The molecule has 0 unspecified atom stereocenters. The van der Waals surface area contributed by atoms with Gasteiger partial charge in [0.2, 0.25) is 5.91 Å². The van der Waals surface area contributed by atoms with E-state index in [1.165, 1.54) is 6.42 Å². The topological polar surface area (TPSA) is 41.1 Å². The molecule has 1 saturated heterocycles. The van der Waals surface area contributed by atoms with Gasteiger partial charge in [-0.15, -0.1) is 0 Å². The van der Waals surface area contributed by atoms with Gasteiger partial charge in [0.05, 0.1) is 5.75 Å². The monoisotopic (exact) mass is 188 g/mol. The molecule has 0 aromatic rings. The minimum absolute atomic E-state index is 0.163. The van der Waals surface area contributed by atoms with Gasteiger partial charge in [-0.05, 0) is 25.6 Å². The van der Waals surface area contributed by atoms with Gasteiger partial charge in [0.15, 0.2) is 0 Å². The van der Waals surface area contributed by atoms with E-state index in [1.54, 1.807) is 11.8 Å². The van der Waals surface area contributed by atoms with E-state index in [2.05, 4.69) is 10.6 Å². The second kappa shape index (κ2) is 5.43. The first-order valence-electron chi connectivity index (χ1n) is 4.32. The zero-order valence-electron chi connectivity index (χ0n) is 7.43. The zero-order chi connectivity index (χ0) is 8.81. The summed E-state index contributed by atoms with van der Waals surface area (Å²) in [5.41, 5.74) is 0. The van der Waals surface area contributed by atoms with Crippen LogP contribution in [0.15, 0.2) is 0 Å². The third kappa shape index (κ3) is 3.45. The highest BCUT2D eigenvalue weighted by atomic mass is 32.2. The average molecular weight is 188 g/mol. The van der Waals surface area contributed by atoms with Gasteiger partial charge < -0.3 is 10.6 Å². The normalized spacial score (nSPS) is 23.6. The second-order valence-electron chi connectivity index (χ2n) is 3.04. The molecule has 4 heteroatoms. The van der Waals surface area contributed by atoms with E-state index < -0.39 is 0 Å². The molecule has 3 nitrogen and oxygen atoms in total. The predicted molar refractivity (Wildman–Crippen MR) is 52.4 cm³/mol. The van der Waals surface area contributed by atoms with Crippen molar-refractivity contribution < 1.29 is 4.79 Å². The molecule has 0 aromatic heterocycles. The van der Waals surface area contributed by atoms with E-state index in [4.69, 9.17) is 0 Å². The molecule has 0 aliphatic carbocycles. The number of carbonyl (C=O) groups excluding carboxylic acids is 1. The molecule has 1 rings (SSSR count). The minimum atomic E-state index is 0.163. The molecule has 1 amide bonds. The van der Waals surface area contributed by atoms with Crippen molar-refractivity contribution in [1.29, 1.82) is 0 Å². The summed E-state index contributed by atoms with van der Waals surface area (Å²) in [7, 11) is 0. The Kier molecular flexibility index (Phi) is 4.46. The number of amides is 1. The van der Waals surface area contributed by atoms with Gasteiger partial charge in [0.1, 0.15) is 0 Å².